The van der Waals surface area contributed by atoms with Crippen molar-refractivity contribution >= 4 is 0 Å². The highest BCUT2D eigenvalue weighted by atomic mass is 16.5. The van der Waals surface area contributed by atoms with Crippen LogP contribution in [0.5, 0.6) is 0 Å². The molecule has 0 saturated carbocycles. The monoisotopic (exact) mass is 230 g/mol. The van der Waals surface area contributed by atoms with Gasteiger partial charge in [-0.15, -0.1) is 0 Å². The lowest BCUT2D eigenvalue weighted by Gasteiger charge is -2.24. The summed E-state index contributed by atoms with van der Waals surface area (Å²) < 4.78 is 5.47. The standard InChI is InChI=1S/C12H26N2O2/c1-4-14(5-2)9-11(15)8-13-12-6-7-16-10(12)3/h10-13,15H,4-9H2,1-3H3. The first kappa shape index (κ1) is 13.9. The summed E-state index contributed by atoms with van der Waals surface area (Å²) in [6.45, 7) is 10.6. The molecule has 0 aromatic carbocycles. The molecule has 0 amide bonds. The van der Waals surface area contributed by atoms with Gasteiger partial charge in [-0.2, -0.15) is 0 Å². The molecule has 0 bridgehead atoms. The van der Waals surface area contributed by atoms with Crippen molar-refractivity contribution in [2.24, 2.45) is 0 Å². The van der Waals surface area contributed by atoms with Crippen molar-refractivity contribution in [3.05, 3.63) is 0 Å². The Labute approximate surface area is 99.0 Å². The molecule has 3 unspecified atom stereocenters. The van der Waals surface area contributed by atoms with Crippen LogP contribution in [0.25, 0.3) is 0 Å². The summed E-state index contributed by atoms with van der Waals surface area (Å²) in [4.78, 5) is 2.24. The zero-order valence-corrected chi connectivity index (χ0v) is 10.8. The van der Waals surface area contributed by atoms with E-state index in [4.69, 9.17) is 4.74 Å². The van der Waals surface area contributed by atoms with E-state index in [2.05, 4.69) is 31.0 Å². The lowest BCUT2D eigenvalue weighted by atomic mass is 10.1. The van der Waals surface area contributed by atoms with E-state index in [-0.39, 0.29) is 12.2 Å². The third-order valence-corrected chi connectivity index (χ3v) is 3.36. The van der Waals surface area contributed by atoms with Crippen molar-refractivity contribution in [3.8, 4) is 0 Å². The normalized spacial score (nSPS) is 27.6. The van der Waals surface area contributed by atoms with E-state index >= 15 is 0 Å². The maximum Gasteiger partial charge on any atom is 0.0791 e. The summed E-state index contributed by atoms with van der Waals surface area (Å²) in [5.74, 6) is 0. The van der Waals surface area contributed by atoms with Crippen molar-refractivity contribution in [2.75, 3.05) is 32.8 Å². The van der Waals surface area contributed by atoms with Gasteiger partial charge >= 0.3 is 0 Å². The van der Waals surface area contributed by atoms with Crippen LogP contribution in [0.1, 0.15) is 27.2 Å². The molecule has 1 saturated heterocycles. The van der Waals surface area contributed by atoms with Crippen LogP contribution in [0.15, 0.2) is 0 Å². The highest BCUT2D eigenvalue weighted by Crippen LogP contribution is 2.12. The molecule has 0 aliphatic carbocycles. The van der Waals surface area contributed by atoms with Gasteiger partial charge in [-0.3, -0.25) is 0 Å². The zero-order valence-electron chi connectivity index (χ0n) is 10.8. The van der Waals surface area contributed by atoms with Gasteiger partial charge in [-0.05, 0) is 26.4 Å². The molecule has 0 radical (unpaired) electrons. The van der Waals surface area contributed by atoms with Crippen LogP contribution >= 0.6 is 0 Å². The summed E-state index contributed by atoms with van der Waals surface area (Å²) in [6.07, 6.45) is 1.05. The van der Waals surface area contributed by atoms with Crippen molar-refractivity contribution in [1.82, 2.24) is 10.2 Å². The first-order valence-electron chi connectivity index (χ1n) is 6.42. The van der Waals surface area contributed by atoms with E-state index < -0.39 is 0 Å². The Morgan fingerprint density at radius 2 is 2.12 bits per heavy atom. The summed E-state index contributed by atoms with van der Waals surface area (Å²) >= 11 is 0. The number of rotatable bonds is 7. The molecule has 1 aliphatic rings. The first-order chi connectivity index (χ1) is 7.67. The summed E-state index contributed by atoms with van der Waals surface area (Å²) in [6, 6.07) is 0.409. The van der Waals surface area contributed by atoms with Gasteiger partial charge in [-0.25, -0.2) is 0 Å². The summed E-state index contributed by atoms with van der Waals surface area (Å²) in [5.41, 5.74) is 0. The van der Waals surface area contributed by atoms with Crippen LogP contribution in [-0.4, -0.2) is 61.0 Å². The average molecular weight is 230 g/mol. The zero-order chi connectivity index (χ0) is 12.0. The topological polar surface area (TPSA) is 44.7 Å². The Bertz CT molecular complexity index is 186. The minimum Gasteiger partial charge on any atom is -0.390 e. The van der Waals surface area contributed by atoms with Crippen LogP contribution in [0.4, 0.5) is 0 Å². The molecule has 0 spiro atoms. The van der Waals surface area contributed by atoms with Crippen molar-refractivity contribution in [3.63, 3.8) is 0 Å². The Morgan fingerprint density at radius 1 is 1.44 bits per heavy atom. The number of aliphatic hydroxyl groups is 1. The van der Waals surface area contributed by atoms with Gasteiger partial charge in [0.05, 0.1) is 12.2 Å². The lowest BCUT2D eigenvalue weighted by Crippen LogP contribution is -2.43. The Morgan fingerprint density at radius 3 is 2.62 bits per heavy atom. The third kappa shape index (κ3) is 4.37. The van der Waals surface area contributed by atoms with E-state index in [1.54, 1.807) is 0 Å². The SMILES string of the molecule is CCN(CC)CC(O)CNC1CCOC1C. The second-order valence-corrected chi connectivity index (χ2v) is 4.52. The molecular formula is C12H26N2O2. The van der Waals surface area contributed by atoms with Crippen LogP contribution in [0.3, 0.4) is 0 Å². The largest absolute Gasteiger partial charge is 0.390 e. The molecule has 16 heavy (non-hydrogen) atoms. The van der Waals surface area contributed by atoms with Gasteiger partial charge in [0.1, 0.15) is 0 Å². The van der Waals surface area contributed by atoms with Crippen molar-refractivity contribution < 1.29 is 9.84 Å². The fourth-order valence-corrected chi connectivity index (χ4v) is 2.13. The number of aliphatic hydroxyl groups excluding tert-OH is 1. The number of likely N-dealkylation sites (N-methyl/N-ethyl adjacent to an activating group) is 1. The molecular weight excluding hydrogens is 204 g/mol. The van der Waals surface area contributed by atoms with Crippen LogP contribution in [-0.2, 0) is 4.74 Å². The quantitative estimate of drug-likeness (QED) is 0.667. The van der Waals surface area contributed by atoms with E-state index in [0.717, 1.165) is 32.7 Å². The van der Waals surface area contributed by atoms with Gasteiger partial charge < -0.3 is 20.1 Å². The maximum atomic E-state index is 9.88. The Hall–Kier alpha value is -0.160. The fraction of sp³-hybridized carbons (Fsp3) is 1.00. The molecule has 2 N–H and O–H groups in total. The van der Waals surface area contributed by atoms with Crippen LogP contribution in [0.2, 0.25) is 0 Å². The second-order valence-electron chi connectivity index (χ2n) is 4.52. The first-order valence-corrected chi connectivity index (χ1v) is 6.42. The van der Waals surface area contributed by atoms with Gasteiger partial charge in [0.25, 0.3) is 0 Å². The number of hydrogen-bond donors (Lipinski definition) is 2. The molecule has 0 aromatic heterocycles. The van der Waals surface area contributed by atoms with E-state index in [9.17, 15) is 5.11 Å². The Kier molecular flexibility index (Phi) is 6.28. The minimum atomic E-state index is -0.285. The van der Waals surface area contributed by atoms with Crippen LogP contribution < -0.4 is 5.32 Å². The van der Waals surface area contributed by atoms with E-state index in [0.29, 0.717) is 12.6 Å². The van der Waals surface area contributed by atoms with Gasteiger partial charge in [0, 0.05) is 25.7 Å². The molecule has 1 fully saturated rings. The van der Waals surface area contributed by atoms with Gasteiger partial charge in [0.2, 0.25) is 0 Å². The predicted molar refractivity (Wildman–Crippen MR) is 65.6 cm³/mol. The molecule has 1 rings (SSSR count). The lowest BCUT2D eigenvalue weighted by molar-refractivity contribution is 0.0954. The van der Waals surface area contributed by atoms with Crippen LogP contribution in [0, 0.1) is 0 Å². The Balaban J connectivity index is 2.16. The van der Waals surface area contributed by atoms with Crippen molar-refractivity contribution in [1.29, 1.82) is 0 Å². The van der Waals surface area contributed by atoms with E-state index in [1.165, 1.54) is 0 Å². The molecule has 4 nitrogen and oxygen atoms in total. The highest BCUT2D eigenvalue weighted by Gasteiger charge is 2.24. The van der Waals surface area contributed by atoms with Gasteiger partial charge in [-0.1, -0.05) is 13.8 Å². The molecule has 1 heterocycles. The fourth-order valence-electron chi connectivity index (χ4n) is 2.13. The number of hydrogen-bond acceptors (Lipinski definition) is 4. The van der Waals surface area contributed by atoms with E-state index in [1.807, 2.05) is 0 Å². The number of nitrogens with one attached hydrogen (secondary N) is 1. The molecule has 3 atom stereocenters. The smallest absolute Gasteiger partial charge is 0.0791 e. The molecule has 4 heteroatoms. The molecule has 1 aliphatic heterocycles. The number of ether oxygens (including phenoxy) is 1. The predicted octanol–water partition coefficient (Wildman–Crippen LogP) is 0.456. The molecule has 0 aromatic rings. The summed E-state index contributed by atoms with van der Waals surface area (Å²) in [7, 11) is 0. The average Bonchev–Trinajstić information content (AvgIpc) is 2.69. The van der Waals surface area contributed by atoms with Gasteiger partial charge in [0.15, 0.2) is 0 Å². The second kappa shape index (κ2) is 7.22. The molecule has 96 valence electrons. The third-order valence-electron chi connectivity index (χ3n) is 3.36. The summed E-state index contributed by atoms with van der Waals surface area (Å²) in [5, 5.41) is 13.3. The maximum absolute atomic E-state index is 9.88. The van der Waals surface area contributed by atoms with Crippen molar-refractivity contribution in [2.45, 2.75) is 45.4 Å². The highest BCUT2D eigenvalue weighted by molar-refractivity contribution is 4.80. The minimum absolute atomic E-state index is 0.278. The number of nitrogens with zero attached hydrogens (tertiary/aromatic N) is 1.